The summed E-state index contributed by atoms with van der Waals surface area (Å²) in [5.74, 6) is -2.12. The molecule has 0 amide bonds. The molecule has 0 aliphatic carbocycles. The first kappa shape index (κ1) is 91.1. The second-order valence-electron chi connectivity index (χ2n) is 26.7. The van der Waals surface area contributed by atoms with Gasteiger partial charge in [-0.1, -0.05) is 342 Å². The van der Waals surface area contributed by atoms with Gasteiger partial charge in [0.25, 0.3) is 0 Å². The zero-order valence-corrected chi connectivity index (χ0v) is 62.0. The second-order valence-corrected chi connectivity index (χ2v) is 29.6. The van der Waals surface area contributed by atoms with E-state index in [4.69, 9.17) is 37.0 Å². The van der Waals surface area contributed by atoms with Gasteiger partial charge in [0.05, 0.1) is 26.4 Å². The molecule has 0 saturated heterocycles. The molecule has 0 aromatic carbocycles. The molecule has 0 saturated carbocycles. The van der Waals surface area contributed by atoms with E-state index >= 15 is 0 Å². The molecule has 93 heavy (non-hydrogen) atoms. The molecule has 19 heteroatoms. The highest BCUT2D eigenvalue weighted by Gasteiger charge is 2.30. The van der Waals surface area contributed by atoms with Crippen LogP contribution in [-0.4, -0.2) is 96.7 Å². The Bertz CT molecular complexity index is 1770. The van der Waals surface area contributed by atoms with Crippen molar-refractivity contribution in [2.75, 3.05) is 39.6 Å². The first-order valence-corrected chi connectivity index (χ1v) is 41.8. The van der Waals surface area contributed by atoms with Crippen LogP contribution in [0.5, 0.6) is 0 Å². The first-order chi connectivity index (χ1) is 45.2. The van der Waals surface area contributed by atoms with Crippen molar-refractivity contribution in [2.45, 2.75) is 412 Å². The molecule has 0 fully saturated rings. The van der Waals surface area contributed by atoms with Crippen molar-refractivity contribution in [3.63, 3.8) is 0 Å². The molecule has 3 N–H and O–H groups in total. The minimum Gasteiger partial charge on any atom is -0.462 e. The molecule has 0 spiro atoms. The maximum atomic E-state index is 13.1. The Balaban J connectivity index is 5.17. The number of esters is 4. The number of phosphoric acid groups is 2. The number of hydrogen-bond donors (Lipinski definition) is 3. The molecule has 552 valence electrons. The Hall–Kier alpha value is -1.94. The third kappa shape index (κ3) is 68.4. The Morgan fingerprint density at radius 2 is 0.430 bits per heavy atom. The number of hydrogen-bond acceptors (Lipinski definition) is 15. The summed E-state index contributed by atoms with van der Waals surface area (Å²) in [4.78, 5) is 72.6. The van der Waals surface area contributed by atoms with Gasteiger partial charge < -0.3 is 33.8 Å². The summed E-state index contributed by atoms with van der Waals surface area (Å²) < 4.78 is 68.3. The molecule has 0 bridgehead atoms. The maximum Gasteiger partial charge on any atom is 0.472 e. The highest BCUT2D eigenvalue weighted by molar-refractivity contribution is 7.47. The lowest BCUT2D eigenvalue weighted by molar-refractivity contribution is -0.161. The fraction of sp³-hybridized carbons (Fsp3) is 0.946. The van der Waals surface area contributed by atoms with Gasteiger partial charge in [0.15, 0.2) is 12.2 Å². The van der Waals surface area contributed by atoms with Crippen LogP contribution in [0.3, 0.4) is 0 Å². The van der Waals surface area contributed by atoms with E-state index < -0.39 is 97.5 Å². The van der Waals surface area contributed by atoms with Crippen LogP contribution in [0.15, 0.2) is 0 Å². The molecule has 0 radical (unpaired) electrons. The Morgan fingerprint density at radius 1 is 0.258 bits per heavy atom. The number of carbonyl (C=O) groups is 4. The summed E-state index contributed by atoms with van der Waals surface area (Å²) in [5, 5.41) is 10.6. The third-order valence-corrected chi connectivity index (χ3v) is 19.3. The maximum absolute atomic E-state index is 13.1. The van der Waals surface area contributed by atoms with Crippen molar-refractivity contribution < 1.29 is 80.2 Å². The highest BCUT2D eigenvalue weighted by atomic mass is 31.2. The minimum absolute atomic E-state index is 0.107. The molecule has 0 aliphatic rings. The molecule has 17 nitrogen and oxygen atoms in total. The van der Waals surface area contributed by atoms with E-state index in [1.54, 1.807) is 0 Å². The quantitative estimate of drug-likeness (QED) is 0.0222. The van der Waals surface area contributed by atoms with Crippen LogP contribution >= 0.6 is 15.6 Å². The molecular formula is C74H144O17P2. The van der Waals surface area contributed by atoms with E-state index in [0.29, 0.717) is 25.7 Å². The number of aliphatic hydroxyl groups is 1. The zero-order valence-electron chi connectivity index (χ0n) is 60.2. The topological polar surface area (TPSA) is 237 Å². The molecule has 0 rings (SSSR count). The van der Waals surface area contributed by atoms with Crippen LogP contribution in [0.1, 0.15) is 394 Å². The largest absolute Gasteiger partial charge is 0.472 e. The lowest BCUT2D eigenvalue weighted by Crippen LogP contribution is -2.30. The molecule has 0 aromatic heterocycles. The van der Waals surface area contributed by atoms with Crippen molar-refractivity contribution in [1.82, 2.24) is 0 Å². The number of phosphoric ester groups is 2. The zero-order chi connectivity index (χ0) is 68.2. The molecule has 5 atom stereocenters. The summed E-state index contributed by atoms with van der Waals surface area (Å²) in [7, 11) is -9.90. The van der Waals surface area contributed by atoms with E-state index in [1.165, 1.54) is 212 Å². The SMILES string of the molecule is CCCCCCCCCCCCCCCCCCCCCCC(=O)O[C@H](COC(=O)CCCCCCCCCCCCCCCC)COP(=O)(O)OC[C@@H](O)COP(=O)(O)OC[C@@H](COC(=O)CCCCCCCCC)OC(=O)CCCCCCCCCCCCCC. The first-order valence-electron chi connectivity index (χ1n) is 38.8. The molecule has 0 aromatic rings. The standard InChI is InChI=1S/C74H144O17P2/c1-5-9-13-17-21-24-27-30-32-33-34-35-36-37-39-42-45-49-53-57-61-74(79)91-70(65-85-72(77)59-55-51-47-43-41-38-31-28-25-22-18-14-10-6-2)67-89-93(82,83)87-63-68(75)62-86-92(80,81)88-66-69(64-84-71(76)58-54-50-46-20-16-12-8-4)90-73(78)60-56-52-48-44-40-29-26-23-19-15-11-7-3/h68-70,75H,5-67H2,1-4H3,(H,80,81)(H,82,83)/t68-,69+,70+/m0/s1. The van der Waals surface area contributed by atoms with E-state index in [9.17, 15) is 43.2 Å². The minimum atomic E-state index is -4.95. The van der Waals surface area contributed by atoms with Crippen molar-refractivity contribution >= 4 is 39.5 Å². The lowest BCUT2D eigenvalue weighted by atomic mass is 10.0. The normalized spacial score (nSPS) is 13.9. The van der Waals surface area contributed by atoms with Gasteiger partial charge in [0, 0.05) is 25.7 Å². The van der Waals surface area contributed by atoms with E-state index in [2.05, 4.69) is 27.7 Å². The van der Waals surface area contributed by atoms with Gasteiger partial charge in [-0.25, -0.2) is 9.13 Å². The summed E-state index contributed by atoms with van der Waals surface area (Å²) in [6, 6.07) is 0. The Morgan fingerprint density at radius 3 is 0.634 bits per heavy atom. The van der Waals surface area contributed by atoms with Crippen molar-refractivity contribution in [2.24, 2.45) is 0 Å². The number of carbonyl (C=O) groups excluding carboxylic acids is 4. The fourth-order valence-corrected chi connectivity index (χ4v) is 13.0. The average Bonchev–Trinajstić information content (AvgIpc) is 3.10. The van der Waals surface area contributed by atoms with Gasteiger partial charge in [-0.15, -0.1) is 0 Å². The van der Waals surface area contributed by atoms with Crippen LogP contribution < -0.4 is 0 Å². The lowest BCUT2D eigenvalue weighted by Gasteiger charge is -2.21. The van der Waals surface area contributed by atoms with Crippen LogP contribution in [0, 0.1) is 0 Å². The highest BCUT2D eigenvalue weighted by Crippen LogP contribution is 2.45. The summed E-state index contributed by atoms with van der Waals surface area (Å²) >= 11 is 0. The third-order valence-electron chi connectivity index (χ3n) is 17.4. The smallest absolute Gasteiger partial charge is 0.462 e. The van der Waals surface area contributed by atoms with Gasteiger partial charge >= 0.3 is 39.5 Å². The van der Waals surface area contributed by atoms with E-state index in [1.807, 2.05) is 0 Å². The molecular weight excluding hydrogens is 1220 g/mol. The van der Waals surface area contributed by atoms with E-state index in [-0.39, 0.29) is 25.7 Å². The van der Waals surface area contributed by atoms with Gasteiger partial charge in [-0.05, 0) is 25.7 Å². The monoisotopic (exact) mass is 1370 g/mol. The number of aliphatic hydroxyl groups excluding tert-OH is 1. The summed E-state index contributed by atoms with van der Waals surface area (Å²) in [6.45, 7) is 4.94. The number of ether oxygens (including phenoxy) is 4. The van der Waals surface area contributed by atoms with Gasteiger partial charge in [-0.2, -0.15) is 0 Å². The Kier molecular flexibility index (Phi) is 67.1. The molecule has 0 aliphatic heterocycles. The number of unbranched alkanes of at least 4 members (excludes halogenated alkanes) is 49. The van der Waals surface area contributed by atoms with Gasteiger partial charge in [0.2, 0.25) is 0 Å². The Labute approximate surface area is 568 Å². The molecule has 2 unspecified atom stereocenters. The van der Waals surface area contributed by atoms with Crippen molar-refractivity contribution in [3.8, 4) is 0 Å². The number of rotatable bonds is 75. The predicted octanol–water partition coefficient (Wildman–Crippen LogP) is 21.8. The van der Waals surface area contributed by atoms with Crippen LogP contribution in [0.4, 0.5) is 0 Å². The second kappa shape index (κ2) is 68.6. The van der Waals surface area contributed by atoms with Crippen LogP contribution in [0.25, 0.3) is 0 Å². The van der Waals surface area contributed by atoms with Gasteiger partial charge in [0.1, 0.15) is 19.3 Å². The fourth-order valence-electron chi connectivity index (χ4n) is 11.4. The van der Waals surface area contributed by atoms with Gasteiger partial charge in [-0.3, -0.25) is 37.3 Å². The summed E-state index contributed by atoms with van der Waals surface area (Å²) in [6.07, 6.45) is 58.4. The van der Waals surface area contributed by atoms with Crippen LogP contribution in [0.2, 0.25) is 0 Å². The van der Waals surface area contributed by atoms with Crippen LogP contribution in [-0.2, 0) is 65.4 Å². The van der Waals surface area contributed by atoms with E-state index in [0.717, 1.165) is 103 Å². The molecule has 0 heterocycles. The predicted molar refractivity (Wildman–Crippen MR) is 377 cm³/mol. The summed E-state index contributed by atoms with van der Waals surface area (Å²) in [5.41, 5.74) is 0. The average molecular weight is 1370 g/mol. The van der Waals surface area contributed by atoms with Crippen molar-refractivity contribution in [3.05, 3.63) is 0 Å². The van der Waals surface area contributed by atoms with Crippen molar-refractivity contribution in [1.29, 1.82) is 0 Å².